The molecule has 4 atom stereocenters. The average molecular weight is 533 g/mol. The van der Waals surface area contributed by atoms with Gasteiger partial charge in [0.1, 0.15) is 0 Å². The first kappa shape index (κ1) is 28.9. The highest BCUT2D eigenvalue weighted by Gasteiger charge is 2.32. The largest absolute Gasteiger partial charge is 0.0986 e. The van der Waals surface area contributed by atoms with Crippen LogP contribution in [0.5, 0.6) is 0 Å². The summed E-state index contributed by atoms with van der Waals surface area (Å²) in [5, 5.41) is 0. The lowest BCUT2D eigenvalue weighted by Gasteiger charge is -2.33. The van der Waals surface area contributed by atoms with Crippen molar-refractivity contribution in [2.24, 2.45) is 35.0 Å². The molecule has 2 aromatic carbocycles. The molecule has 3 aliphatic carbocycles. The minimum atomic E-state index is 0.288. The van der Waals surface area contributed by atoms with Gasteiger partial charge in [0.15, 0.2) is 0 Å². The summed E-state index contributed by atoms with van der Waals surface area (Å²) in [4.78, 5) is 0. The second kappa shape index (κ2) is 11.3. The van der Waals surface area contributed by atoms with Gasteiger partial charge in [-0.25, -0.2) is 0 Å². The Morgan fingerprint density at radius 3 is 2.48 bits per heavy atom. The van der Waals surface area contributed by atoms with E-state index in [9.17, 15) is 0 Å². The Morgan fingerprint density at radius 2 is 1.75 bits per heavy atom. The van der Waals surface area contributed by atoms with Gasteiger partial charge in [-0.1, -0.05) is 119 Å². The van der Waals surface area contributed by atoms with Crippen molar-refractivity contribution in [3.8, 4) is 11.1 Å². The fourth-order valence-corrected chi connectivity index (χ4v) is 8.15. The predicted molar refractivity (Wildman–Crippen MR) is 175 cm³/mol. The summed E-state index contributed by atoms with van der Waals surface area (Å²) < 4.78 is 0. The zero-order chi connectivity index (χ0) is 28.8. The van der Waals surface area contributed by atoms with E-state index in [1.165, 1.54) is 75.8 Å². The molecule has 0 N–H and O–H groups in total. The molecule has 0 nitrogen and oxygen atoms in total. The molecule has 0 saturated heterocycles. The first-order chi connectivity index (χ1) is 18.9. The molecule has 0 spiro atoms. The average Bonchev–Trinajstić information content (AvgIpc) is 3.51. The van der Waals surface area contributed by atoms with Gasteiger partial charge in [-0.15, -0.1) is 0 Å². The Balaban J connectivity index is 1.42. The quantitative estimate of drug-likeness (QED) is 0.311. The van der Waals surface area contributed by atoms with Crippen LogP contribution in [0.25, 0.3) is 17.2 Å². The van der Waals surface area contributed by atoms with Crippen molar-refractivity contribution < 1.29 is 0 Å². The van der Waals surface area contributed by atoms with Gasteiger partial charge < -0.3 is 0 Å². The second-order valence-corrected chi connectivity index (χ2v) is 14.9. The zero-order valence-electron chi connectivity index (χ0n) is 26.4. The van der Waals surface area contributed by atoms with Crippen LogP contribution in [0.2, 0.25) is 0 Å². The summed E-state index contributed by atoms with van der Waals surface area (Å²) >= 11 is 0. The Kier molecular flexibility index (Phi) is 8.20. The Bertz CT molecular complexity index is 1350. The summed E-state index contributed by atoms with van der Waals surface area (Å²) in [7, 11) is 0. The molecule has 40 heavy (non-hydrogen) atoms. The van der Waals surface area contributed by atoms with Crippen molar-refractivity contribution in [2.45, 2.75) is 93.4 Å². The maximum atomic E-state index is 4.63. The van der Waals surface area contributed by atoms with Gasteiger partial charge in [0, 0.05) is 5.92 Å². The molecular weight excluding hydrogens is 480 g/mol. The maximum absolute atomic E-state index is 4.63. The fourth-order valence-electron chi connectivity index (χ4n) is 8.15. The topological polar surface area (TPSA) is 0 Å². The number of hydrogen-bond donors (Lipinski definition) is 0. The van der Waals surface area contributed by atoms with Crippen LogP contribution in [-0.4, -0.2) is 0 Å². The van der Waals surface area contributed by atoms with Crippen molar-refractivity contribution in [3.05, 3.63) is 100 Å². The lowest BCUT2D eigenvalue weighted by Crippen LogP contribution is -2.21. The minimum absolute atomic E-state index is 0.288. The highest BCUT2D eigenvalue weighted by Crippen LogP contribution is 2.45. The van der Waals surface area contributed by atoms with Crippen LogP contribution in [0.3, 0.4) is 0 Å². The number of hydrogen-bond acceptors (Lipinski definition) is 0. The summed E-state index contributed by atoms with van der Waals surface area (Å²) in [5.74, 6) is 3.22. The molecule has 1 saturated carbocycles. The van der Waals surface area contributed by atoms with Crippen molar-refractivity contribution in [1.29, 1.82) is 0 Å². The number of allylic oxidation sites excluding steroid dienone is 5. The first-order valence-corrected chi connectivity index (χ1v) is 15.9. The maximum Gasteiger partial charge on any atom is 0.00827 e. The molecule has 1 fully saturated rings. The normalized spacial score (nSPS) is 24.6. The van der Waals surface area contributed by atoms with Crippen molar-refractivity contribution in [3.63, 3.8) is 0 Å². The van der Waals surface area contributed by atoms with E-state index >= 15 is 0 Å². The van der Waals surface area contributed by atoms with E-state index in [0.717, 1.165) is 37.0 Å². The number of benzene rings is 2. The van der Waals surface area contributed by atoms with E-state index in [1.54, 1.807) is 5.56 Å². The molecule has 0 aliphatic heterocycles. The summed E-state index contributed by atoms with van der Waals surface area (Å²) in [5.41, 5.74) is 14.7. The third-order valence-corrected chi connectivity index (χ3v) is 10.1. The third kappa shape index (κ3) is 6.02. The van der Waals surface area contributed by atoms with Crippen LogP contribution in [0.15, 0.2) is 72.4 Å². The molecular formula is C40H52. The second-order valence-electron chi connectivity index (χ2n) is 14.9. The van der Waals surface area contributed by atoms with Gasteiger partial charge in [0.05, 0.1) is 0 Å². The SMILES string of the molecule is C=C1C=CC(CC(C)(C)C)C(=C)C1CC1=Cc2cccc(-c3cc(C)cc(C)c3C[C@@H]3CCC[C@@H]3C(C)C)c2C1. The predicted octanol–water partition coefficient (Wildman–Crippen LogP) is 11.3. The molecule has 2 aromatic rings. The van der Waals surface area contributed by atoms with E-state index in [0.29, 0.717) is 11.8 Å². The summed E-state index contributed by atoms with van der Waals surface area (Å²) in [6.07, 6.45) is 15.7. The standard InChI is InChI=1S/C40H52/c1-25(2)34-14-10-13-32(34)23-37-28(5)18-26(3)19-39(37)35-15-11-12-31-20-30(22-38(31)35)21-36-27(4)16-17-33(29(36)6)24-40(7,8)9/h11-12,15-20,25,32-34,36H,4,6,10,13-14,21-24H2,1-3,5,7-9H3/t32-,33?,34+,36?/m0/s1. The minimum Gasteiger partial charge on any atom is -0.0986 e. The lowest BCUT2D eigenvalue weighted by atomic mass is 9.71. The van der Waals surface area contributed by atoms with E-state index in [1.807, 2.05) is 0 Å². The van der Waals surface area contributed by atoms with E-state index in [2.05, 4.69) is 110 Å². The molecule has 0 radical (unpaired) electrons. The molecule has 0 heteroatoms. The van der Waals surface area contributed by atoms with Crippen LogP contribution >= 0.6 is 0 Å². The van der Waals surface area contributed by atoms with Gasteiger partial charge >= 0.3 is 0 Å². The van der Waals surface area contributed by atoms with Gasteiger partial charge in [-0.2, -0.15) is 0 Å². The zero-order valence-corrected chi connectivity index (χ0v) is 26.4. The van der Waals surface area contributed by atoms with E-state index in [-0.39, 0.29) is 5.41 Å². The van der Waals surface area contributed by atoms with Crippen molar-refractivity contribution >= 4 is 6.08 Å². The number of aryl methyl sites for hydroxylation is 2. The third-order valence-electron chi connectivity index (χ3n) is 10.1. The Hall–Kier alpha value is -2.60. The molecule has 0 aromatic heterocycles. The van der Waals surface area contributed by atoms with Gasteiger partial charge in [0.25, 0.3) is 0 Å². The van der Waals surface area contributed by atoms with Crippen LogP contribution in [0, 0.1) is 48.9 Å². The van der Waals surface area contributed by atoms with Gasteiger partial charge in [-0.05, 0) is 120 Å². The highest BCUT2D eigenvalue weighted by atomic mass is 14.4. The smallest absolute Gasteiger partial charge is 0.00827 e. The van der Waals surface area contributed by atoms with Crippen molar-refractivity contribution in [2.75, 3.05) is 0 Å². The molecule has 0 amide bonds. The molecule has 0 heterocycles. The number of rotatable bonds is 7. The lowest BCUT2D eigenvalue weighted by molar-refractivity contribution is 0.294. The molecule has 0 bridgehead atoms. The van der Waals surface area contributed by atoms with E-state index < -0.39 is 0 Å². The van der Waals surface area contributed by atoms with Crippen molar-refractivity contribution in [1.82, 2.24) is 0 Å². The van der Waals surface area contributed by atoms with Crippen LogP contribution in [0.4, 0.5) is 0 Å². The van der Waals surface area contributed by atoms with Crippen LogP contribution < -0.4 is 0 Å². The first-order valence-electron chi connectivity index (χ1n) is 15.9. The van der Waals surface area contributed by atoms with Crippen LogP contribution in [-0.2, 0) is 12.8 Å². The molecule has 3 aliphatic rings. The monoisotopic (exact) mass is 532 g/mol. The van der Waals surface area contributed by atoms with Gasteiger partial charge in [0.2, 0.25) is 0 Å². The summed E-state index contributed by atoms with van der Waals surface area (Å²) in [6.45, 7) is 25.6. The molecule has 212 valence electrons. The summed E-state index contributed by atoms with van der Waals surface area (Å²) in [6, 6.07) is 11.9. The molecule has 2 unspecified atom stereocenters. The van der Waals surface area contributed by atoms with E-state index in [4.69, 9.17) is 0 Å². The van der Waals surface area contributed by atoms with Gasteiger partial charge in [-0.3, -0.25) is 0 Å². The number of fused-ring (bicyclic) bond motifs is 1. The fraction of sp³-hybridized carbons (Fsp3) is 0.500. The Labute approximate surface area is 245 Å². The Morgan fingerprint density at radius 1 is 0.975 bits per heavy atom. The van der Waals surface area contributed by atoms with Crippen LogP contribution in [0.1, 0.15) is 94.5 Å². The highest BCUT2D eigenvalue weighted by molar-refractivity contribution is 5.80. The molecule has 5 rings (SSSR count).